The van der Waals surface area contributed by atoms with Crippen molar-refractivity contribution in [3.63, 3.8) is 0 Å². The molecule has 8 heteroatoms. The standard InChI is InChI=1S/C24H24FN5O2/c25-17-12-22-20(26-13-17)9-5-11-29(22)24(32)23(31)28-19-8-4-10-21-18(19)14-27-30(21)15-16-6-2-1-3-7-16/h1-3,6-7,12-14,19H,4-5,8-11,15H2,(H,28,31). The van der Waals surface area contributed by atoms with Gasteiger partial charge in [0.2, 0.25) is 0 Å². The molecule has 2 aliphatic rings. The van der Waals surface area contributed by atoms with Gasteiger partial charge in [0.25, 0.3) is 0 Å². The normalized spacial score (nSPS) is 17.4. The number of benzene rings is 1. The van der Waals surface area contributed by atoms with E-state index in [0.717, 1.165) is 42.3 Å². The minimum atomic E-state index is -0.684. The molecule has 2 aromatic heterocycles. The summed E-state index contributed by atoms with van der Waals surface area (Å²) < 4.78 is 15.7. The lowest BCUT2D eigenvalue weighted by Crippen LogP contribution is -2.46. The van der Waals surface area contributed by atoms with Crippen LogP contribution in [-0.2, 0) is 29.0 Å². The summed E-state index contributed by atoms with van der Waals surface area (Å²) in [4.78, 5) is 31.2. The van der Waals surface area contributed by atoms with Crippen molar-refractivity contribution in [1.82, 2.24) is 20.1 Å². The monoisotopic (exact) mass is 433 g/mol. The summed E-state index contributed by atoms with van der Waals surface area (Å²) in [7, 11) is 0. The van der Waals surface area contributed by atoms with Crippen molar-refractivity contribution in [1.29, 1.82) is 0 Å². The number of aromatic nitrogens is 3. The van der Waals surface area contributed by atoms with Gasteiger partial charge < -0.3 is 10.2 Å². The quantitative estimate of drug-likeness (QED) is 0.644. The molecule has 1 N–H and O–H groups in total. The van der Waals surface area contributed by atoms with Crippen LogP contribution < -0.4 is 10.2 Å². The van der Waals surface area contributed by atoms with Gasteiger partial charge in [-0.25, -0.2) is 4.39 Å². The van der Waals surface area contributed by atoms with E-state index in [1.807, 2.05) is 22.9 Å². The molecule has 164 valence electrons. The van der Waals surface area contributed by atoms with Crippen molar-refractivity contribution in [2.24, 2.45) is 0 Å². The van der Waals surface area contributed by atoms with Gasteiger partial charge in [0.15, 0.2) is 0 Å². The van der Waals surface area contributed by atoms with Crippen LogP contribution in [0, 0.1) is 5.82 Å². The molecule has 0 radical (unpaired) electrons. The van der Waals surface area contributed by atoms with Crippen LogP contribution >= 0.6 is 0 Å². The van der Waals surface area contributed by atoms with Crippen LogP contribution in [0.1, 0.15) is 47.8 Å². The molecule has 1 atom stereocenters. The first-order valence-electron chi connectivity index (χ1n) is 11.0. The van der Waals surface area contributed by atoms with E-state index < -0.39 is 17.6 Å². The van der Waals surface area contributed by atoms with Gasteiger partial charge in [-0.05, 0) is 37.7 Å². The maximum Gasteiger partial charge on any atom is 0.316 e. The maximum absolute atomic E-state index is 13.7. The highest BCUT2D eigenvalue weighted by Gasteiger charge is 2.32. The number of fused-ring (bicyclic) bond motifs is 2. The highest BCUT2D eigenvalue weighted by molar-refractivity contribution is 6.40. The minimum absolute atomic E-state index is 0.269. The minimum Gasteiger partial charge on any atom is -0.341 e. The fraction of sp³-hybridized carbons (Fsp3) is 0.333. The smallest absolute Gasteiger partial charge is 0.316 e. The lowest BCUT2D eigenvalue weighted by molar-refractivity contribution is -0.138. The third-order valence-electron chi connectivity index (χ3n) is 6.18. The number of aryl methyl sites for hydroxylation is 1. The predicted octanol–water partition coefficient (Wildman–Crippen LogP) is 2.94. The SMILES string of the molecule is O=C(NC1CCCc2c1cnn2Cc1ccccc1)C(=O)N1CCCc2ncc(F)cc21. The van der Waals surface area contributed by atoms with Gasteiger partial charge in [0.05, 0.1) is 36.4 Å². The summed E-state index contributed by atoms with van der Waals surface area (Å²) in [5, 5.41) is 7.44. The Bertz CT molecular complexity index is 1160. The van der Waals surface area contributed by atoms with Gasteiger partial charge in [-0.3, -0.25) is 19.3 Å². The molecule has 3 aromatic rings. The van der Waals surface area contributed by atoms with Gasteiger partial charge in [0, 0.05) is 23.9 Å². The average molecular weight is 433 g/mol. The van der Waals surface area contributed by atoms with Crippen molar-refractivity contribution in [3.8, 4) is 0 Å². The number of amides is 2. The largest absolute Gasteiger partial charge is 0.341 e. The van der Waals surface area contributed by atoms with Crippen LogP contribution in [0.4, 0.5) is 10.1 Å². The molecule has 2 amide bonds. The Morgan fingerprint density at radius 1 is 1.12 bits per heavy atom. The molecule has 1 aliphatic heterocycles. The Balaban J connectivity index is 1.32. The van der Waals surface area contributed by atoms with E-state index in [4.69, 9.17) is 0 Å². The molecular formula is C24H24FN5O2. The molecule has 1 aromatic carbocycles. The topological polar surface area (TPSA) is 80.1 Å². The van der Waals surface area contributed by atoms with Gasteiger partial charge in [-0.15, -0.1) is 0 Å². The average Bonchev–Trinajstić information content (AvgIpc) is 3.22. The third-order valence-corrected chi connectivity index (χ3v) is 6.18. The van der Waals surface area contributed by atoms with Crippen molar-refractivity contribution >= 4 is 17.5 Å². The summed E-state index contributed by atoms with van der Waals surface area (Å²) in [6, 6.07) is 11.1. The second-order valence-corrected chi connectivity index (χ2v) is 8.29. The first-order chi connectivity index (χ1) is 15.6. The van der Waals surface area contributed by atoms with Crippen LogP contribution in [0.5, 0.6) is 0 Å². The fourth-order valence-corrected chi connectivity index (χ4v) is 4.62. The molecule has 1 aliphatic carbocycles. The molecule has 1 unspecified atom stereocenters. The summed E-state index contributed by atoms with van der Waals surface area (Å²) in [5.74, 6) is -1.88. The first-order valence-corrected chi connectivity index (χ1v) is 11.0. The number of hydrogen-bond donors (Lipinski definition) is 1. The molecule has 5 rings (SSSR count). The zero-order valence-electron chi connectivity index (χ0n) is 17.6. The molecule has 7 nitrogen and oxygen atoms in total. The highest BCUT2D eigenvalue weighted by atomic mass is 19.1. The molecule has 0 saturated carbocycles. The van der Waals surface area contributed by atoms with E-state index >= 15 is 0 Å². The predicted molar refractivity (Wildman–Crippen MR) is 116 cm³/mol. The van der Waals surface area contributed by atoms with Crippen LogP contribution in [0.15, 0.2) is 48.8 Å². The van der Waals surface area contributed by atoms with Crippen LogP contribution in [0.25, 0.3) is 0 Å². The van der Waals surface area contributed by atoms with Gasteiger partial charge in [0.1, 0.15) is 5.82 Å². The van der Waals surface area contributed by atoms with E-state index in [2.05, 4.69) is 27.5 Å². The van der Waals surface area contributed by atoms with E-state index in [1.54, 1.807) is 6.20 Å². The lowest BCUT2D eigenvalue weighted by atomic mass is 9.92. The van der Waals surface area contributed by atoms with Gasteiger partial charge >= 0.3 is 11.8 Å². The number of nitrogens with one attached hydrogen (secondary N) is 1. The van der Waals surface area contributed by atoms with Crippen molar-refractivity contribution in [2.45, 2.75) is 44.7 Å². The molecule has 0 fully saturated rings. The number of pyridine rings is 1. The van der Waals surface area contributed by atoms with E-state index in [-0.39, 0.29) is 6.04 Å². The molecule has 0 bridgehead atoms. The maximum atomic E-state index is 13.7. The van der Waals surface area contributed by atoms with E-state index in [0.29, 0.717) is 37.3 Å². The summed E-state index contributed by atoms with van der Waals surface area (Å²) in [5.41, 5.74) is 4.23. The highest BCUT2D eigenvalue weighted by Crippen LogP contribution is 2.31. The number of rotatable bonds is 3. The summed E-state index contributed by atoms with van der Waals surface area (Å²) in [6.45, 7) is 1.04. The van der Waals surface area contributed by atoms with Crippen molar-refractivity contribution < 1.29 is 14.0 Å². The molecular weight excluding hydrogens is 409 g/mol. The van der Waals surface area contributed by atoms with Crippen molar-refractivity contribution in [2.75, 3.05) is 11.4 Å². The Hall–Kier alpha value is -3.55. The third kappa shape index (κ3) is 3.88. The van der Waals surface area contributed by atoms with E-state index in [9.17, 15) is 14.0 Å². The van der Waals surface area contributed by atoms with E-state index in [1.165, 1.54) is 11.0 Å². The summed E-state index contributed by atoms with van der Waals surface area (Å²) in [6.07, 6.45) is 6.81. The Kier molecular flexibility index (Phi) is 5.43. The summed E-state index contributed by atoms with van der Waals surface area (Å²) >= 11 is 0. The molecule has 0 spiro atoms. The number of anilines is 1. The lowest BCUT2D eigenvalue weighted by Gasteiger charge is -2.29. The molecule has 3 heterocycles. The number of carbonyl (C=O) groups excluding carboxylic acids is 2. The number of hydrogen-bond acceptors (Lipinski definition) is 4. The fourth-order valence-electron chi connectivity index (χ4n) is 4.62. The molecule has 0 saturated heterocycles. The number of halogens is 1. The number of nitrogens with zero attached hydrogens (tertiary/aromatic N) is 4. The van der Waals surface area contributed by atoms with Gasteiger partial charge in [-0.2, -0.15) is 5.10 Å². The second kappa shape index (κ2) is 8.53. The first kappa shape index (κ1) is 20.4. The van der Waals surface area contributed by atoms with Crippen LogP contribution in [-0.4, -0.2) is 33.1 Å². The van der Waals surface area contributed by atoms with Crippen LogP contribution in [0.2, 0.25) is 0 Å². The Morgan fingerprint density at radius 2 is 1.97 bits per heavy atom. The zero-order chi connectivity index (χ0) is 22.1. The number of carbonyl (C=O) groups is 2. The molecule has 32 heavy (non-hydrogen) atoms. The second-order valence-electron chi connectivity index (χ2n) is 8.29. The van der Waals surface area contributed by atoms with Gasteiger partial charge in [-0.1, -0.05) is 30.3 Å². The van der Waals surface area contributed by atoms with Crippen LogP contribution in [0.3, 0.4) is 0 Å². The van der Waals surface area contributed by atoms with Crippen molar-refractivity contribution in [3.05, 3.63) is 77.1 Å². The Labute approximate surface area is 185 Å². The Morgan fingerprint density at radius 3 is 2.81 bits per heavy atom. The zero-order valence-corrected chi connectivity index (χ0v) is 17.6.